The fraction of sp³-hybridized carbons (Fsp3) is 0.462. The fourth-order valence-electron chi connectivity index (χ4n) is 2.09. The van der Waals surface area contributed by atoms with E-state index in [1.807, 2.05) is 39.8 Å². The van der Waals surface area contributed by atoms with Crippen LogP contribution in [0.4, 0.5) is 0 Å². The molecule has 0 aliphatic carbocycles. The van der Waals surface area contributed by atoms with Crippen LogP contribution in [0.5, 0.6) is 0 Å². The summed E-state index contributed by atoms with van der Waals surface area (Å²) in [5.74, 6) is 0. The van der Waals surface area contributed by atoms with Gasteiger partial charge in [0.25, 0.3) is 0 Å². The Morgan fingerprint density at radius 3 is 2.42 bits per heavy atom. The Morgan fingerprint density at radius 1 is 1.16 bits per heavy atom. The highest BCUT2D eigenvalue weighted by molar-refractivity contribution is 7.18. The summed E-state index contributed by atoms with van der Waals surface area (Å²) < 4.78 is 13.2. The third-order valence-corrected chi connectivity index (χ3v) is 5.15. The molecule has 0 saturated carbocycles. The molecule has 0 bridgehead atoms. The molecular formula is C13H15BClNO2S. The summed E-state index contributed by atoms with van der Waals surface area (Å²) >= 11 is 7.71. The minimum absolute atomic E-state index is 0.339. The highest BCUT2D eigenvalue weighted by Crippen LogP contribution is 2.37. The Hall–Kier alpha value is -0.615. The van der Waals surface area contributed by atoms with Gasteiger partial charge in [-0.2, -0.15) is 0 Å². The van der Waals surface area contributed by atoms with Gasteiger partial charge in [0.05, 0.1) is 32.0 Å². The van der Waals surface area contributed by atoms with Crippen molar-refractivity contribution in [2.24, 2.45) is 0 Å². The van der Waals surface area contributed by atoms with Gasteiger partial charge in [0.2, 0.25) is 0 Å². The second-order valence-corrected chi connectivity index (χ2v) is 7.02. The van der Waals surface area contributed by atoms with E-state index in [9.17, 15) is 0 Å². The Labute approximate surface area is 122 Å². The molecule has 3 rings (SSSR count). The largest absolute Gasteiger partial charge is 0.496 e. The lowest BCUT2D eigenvalue weighted by atomic mass is 9.79. The van der Waals surface area contributed by atoms with E-state index >= 15 is 0 Å². The molecule has 0 N–H and O–H groups in total. The van der Waals surface area contributed by atoms with Gasteiger partial charge in [0.15, 0.2) is 0 Å². The first-order valence-electron chi connectivity index (χ1n) is 6.19. The highest BCUT2D eigenvalue weighted by atomic mass is 35.5. The average molecular weight is 296 g/mol. The monoisotopic (exact) mass is 295 g/mol. The number of hydrogen-bond acceptors (Lipinski definition) is 4. The number of hydrogen-bond donors (Lipinski definition) is 0. The number of nitrogens with zero attached hydrogens (tertiary/aromatic N) is 1. The lowest BCUT2D eigenvalue weighted by molar-refractivity contribution is 0.00578. The first kappa shape index (κ1) is 13.4. The van der Waals surface area contributed by atoms with Crippen LogP contribution >= 0.6 is 22.9 Å². The van der Waals surface area contributed by atoms with Crippen molar-refractivity contribution in [3.8, 4) is 0 Å². The van der Waals surface area contributed by atoms with Crippen molar-refractivity contribution < 1.29 is 9.31 Å². The average Bonchev–Trinajstić information content (AvgIpc) is 2.84. The van der Waals surface area contributed by atoms with Crippen LogP contribution in [-0.2, 0) is 9.31 Å². The van der Waals surface area contributed by atoms with E-state index in [2.05, 4.69) is 4.98 Å². The molecule has 3 nitrogen and oxygen atoms in total. The summed E-state index contributed by atoms with van der Waals surface area (Å²) in [5.41, 5.74) is 2.94. The third kappa shape index (κ3) is 2.00. The first-order valence-corrected chi connectivity index (χ1v) is 7.45. The lowest BCUT2D eigenvalue weighted by Gasteiger charge is -2.32. The number of aromatic nitrogens is 1. The number of halogens is 1. The van der Waals surface area contributed by atoms with Crippen molar-refractivity contribution >= 4 is 45.7 Å². The highest BCUT2D eigenvalue weighted by Gasteiger charge is 2.52. The molecule has 19 heavy (non-hydrogen) atoms. The molecular weight excluding hydrogens is 280 g/mol. The number of thiazole rings is 1. The number of fused-ring (bicyclic) bond motifs is 1. The Bertz CT molecular complexity index is 625. The van der Waals surface area contributed by atoms with Crippen LogP contribution in [0.3, 0.4) is 0 Å². The molecule has 2 heterocycles. The summed E-state index contributed by atoms with van der Waals surface area (Å²) in [6.45, 7) is 8.19. The first-order chi connectivity index (χ1) is 8.82. The zero-order valence-electron chi connectivity index (χ0n) is 11.4. The van der Waals surface area contributed by atoms with Crippen LogP contribution < -0.4 is 5.46 Å². The standard InChI is InChI=1S/C13H15BClNO2S/c1-12(2)13(3,4)18-14(17-12)8-5-6-9(15)10-11(8)19-7-16-10/h5-7H,1-4H3. The molecule has 0 unspecified atom stereocenters. The van der Waals surface area contributed by atoms with Crippen LogP contribution in [0.15, 0.2) is 17.6 Å². The summed E-state index contributed by atoms with van der Waals surface area (Å²) in [5, 5.41) is 0.663. The summed E-state index contributed by atoms with van der Waals surface area (Å²) in [6, 6.07) is 3.81. The van der Waals surface area contributed by atoms with E-state index in [-0.39, 0.29) is 18.3 Å². The van der Waals surface area contributed by atoms with Crippen LogP contribution in [-0.4, -0.2) is 23.3 Å². The smallest absolute Gasteiger partial charge is 0.399 e. The van der Waals surface area contributed by atoms with Gasteiger partial charge in [-0.1, -0.05) is 17.7 Å². The summed E-state index contributed by atoms with van der Waals surface area (Å²) in [4.78, 5) is 4.30. The minimum atomic E-state index is -0.370. The second kappa shape index (κ2) is 4.19. The second-order valence-electron chi connectivity index (χ2n) is 5.75. The zero-order valence-corrected chi connectivity index (χ0v) is 12.9. The van der Waals surface area contributed by atoms with Crippen molar-refractivity contribution in [3.63, 3.8) is 0 Å². The summed E-state index contributed by atoms with van der Waals surface area (Å²) in [6.07, 6.45) is 0. The Balaban J connectivity index is 2.08. The molecule has 0 spiro atoms. The number of benzene rings is 1. The molecule has 1 saturated heterocycles. The Kier molecular flexibility index (Phi) is 2.95. The third-order valence-electron chi connectivity index (χ3n) is 3.97. The quantitative estimate of drug-likeness (QED) is 0.757. The van der Waals surface area contributed by atoms with Crippen molar-refractivity contribution in [3.05, 3.63) is 22.7 Å². The SMILES string of the molecule is CC1(C)OB(c2ccc(Cl)c3ncsc23)OC1(C)C. The van der Waals surface area contributed by atoms with E-state index in [1.165, 1.54) is 0 Å². The van der Waals surface area contributed by atoms with Crippen molar-refractivity contribution in [2.75, 3.05) is 0 Å². The minimum Gasteiger partial charge on any atom is -0.399 e. The van der Waals surface area contributed by atoms with Gasteiger partial charge in [-0.25, -0.2) is 4.98 Å². The number of rotatable bonds is 1. The molecule has 100 valence electrons. The van der Waals surface area contributed by atoms with Gasteiger partial charge < -0.3 is 9.31 Å². The normalized spacial score (nSPS) is 21.2. The van der Waals surface area contributed by atoms with Gasteiger partial charge in [-0.3, -0.25) is 0 Å². The molecule has 0 radical (unpaired) electrons. The van der Waals surface area contributed by atoms with Crippen LogP contribution in [0.1, 0.15) is 27.7 Å². The van der Waals surface area contributed by atoms with Crippen molar-refractivity contribution in [1.29, 1.82) is 0 Å². The predicted octanol–water partition coefficient (Wildman–Crippen LogP) is 3.25. The van der Waals surface area contributed by atoms with Gasteiger partial charge in [-0.15, -0.1) is 11.3 Å². The molecule has 1 aliphatic heterocycles. The zero-order chi connectivity index (χ0) is 13.8. The van der Waals surface area contributed by atoms with Crippen LogP contribution in [0.2, 0.25) is 5.02 Å². The molecule has 1 aromatic heterocycles. The summed E-state index contributed by atoms with van der Waals surface area (Å²) in [7, 11) is -0.370. The maximum absolute atomic E-state index is 6.15. The topological polar surface area (TPSA) is 31.4 Å². The van der Waals surface area contributed by atoms with E-state index < -0.39 is 0 Å². The fourth-order valence-corrected chi connectivity index (χ4v) is 3.19. The van der Waals surface area contributed by atoms with Gasteiger partial charge in [-0.05, 0) is 33.8 Å². The predicted molar refractivity (Wildman–Crippen MR) is 80.3 cm³/mol. The van der Waals surface area contributed by atoms with E-state index in [1.54, 1.807) is 16.8 Å². The van der Waals surface area contributed by atoms with Gasteiger partial charge in [0.1, 0.15) is 0 Å². The van der Waals surface area contributed by atoms with Gasteiger partial charge in [0, 0.05) is 5.46 Å². The molecule has 0 amide bonds. The van der Waals surface area contributed by atoms with Crippen LogP contribution in [0, 0.1) is 0 Å². The van der Waals surface area contributed by atoms with E-state index in [4.69, 9.17) is 20.9 Å². The van der Waals surface area contributed by atoms with Gasteiger partial charge >= 0.3 is 7.12 Å². The lowest BCUT2D eigenvalue weighted by Crippen LogP contribution is -2.41. The molecule has 6 heteroatoms. The van der Waals surface area contributed by atoms with Crippen molar-refractivity contribution in [2.45, 2.75) is 38.9 Å². The molecule has 1 aromatic carbocycles. The maximum atomic E-state index is 6.15. The molecule has 2 aromatic rings. The molecule has 0 atom stereocenters. The molecule has 1 fully saturated rings. The van der Waals surface area contributed by atoms with Crippen LogP contribution in [0.25, 0.3) is 10.2 Å². The van der Waals surface area contributed by atoms with Crippen molar-refractivity contribution in [1.82, 2.24) is 4.98 Å². The van der Waals surface area contributed by atoms with E-state index in [0.29, 0.717) is 5.02 Å². The Morgan fingerprint density at radius 2 is 1.79 bits per heavy atom. The maximum Gasteiger partial charge on any atom is 0.496 e. The molecule has 1 aliphatic rings. The van der Waals surface area contributed by atoms with E-state index in [0.717, 1.165) is 15.7 Å².